The zero-order valence-electron chi connectivity index (χ0n) is 14.6. The molecule has 4 rings (SSSR count). The first-order chi connectivity index (χ1) is 12.3. The van der Waals surface area contributed by atoms with Gasteiger partial charge in [0, 0.05) is 44.7 Å². The molecule has 2 aromatic rings. The van der Waals surface area contributed by atoms with E-state index in [1.54, 1.807) is 0 Å². The van der Waals surface area contributed by atoms with Crippen molar-refractivity contribution in [2.45, 2.75) is 38.6 Å². The van der Waals surface area contributed by atoms with Gasteiger partial charge < -0.3 is 9.42 Å². The van der Waals surface area contributed by atoms with E-state index in [2.05, 4.69) is 34.3 Å². The summed E-state index contributed by atoms with van der Waals surface area (Å²) in [4.78, 5) is 17.2. The SMILES string of the molecule is O=C(c1noc2c1CCCCC2)N1CCN(Cc2ccccc2)CC1. The predicted molar refractivity (Wildman–Crippen MR) is 95.4 cm³/mol. The maximum absolute atomic E-state index is 12.9. The molecule has 1 amide bonds. The number of carbonyl (C=O) groups is 1. The monoisotopic (exact) mass is 339 g/mol. The first kappa shape index (κ1) is 16.3. The van der Waals surface area contributed by atoms with Crippen LogP contribution in [-0.4, -0.2) is 47.0 Å². The van der Waals surface area contributed by atoms with Crippen molar-refractivity contribution in [1.82, 2.24) is 15.0 Å². The number of fused-ring (bicyclic) bond motifs is 1. The van der Waals surface area contributed by atoms with E-state index in [9.17, 15) is 4.79 Å². The molecule has 0 spiro atoms. The second-order valence-electron chi connectivity index (χ2n) is 7.05. The number of hydrogen-bond donors (Lipinski definition) is 0. The third-order valence-corrected chi connectivity index (χ3v) is 5.31. The van der Waals surface area contributed by atoms with E-state index in [0.717, 1.165) is 69.7 Å². The second kappa shape index (κ2) is 7.40. The largest absolute Gasteiger partial charge is 0.360 e. The highest BCUT2D eigenvalue weighted by atomic mass is 16.5. The lowest BCUT2D eigenvalue weighted by atomic mass is 10.1. The lowest BCUT2D eigenvalue weighted by Gasteiger charge is -2.34. The summed E-state index contributed by atoms with van der Waals surface area (Å²) in [5, 5.41) is 4.12. The van der Waals surface area contributed by atoms with Gasteiger partial charge in [0.25, 0.3) is 5.91 Å². The molecule has 1 saturated heterocycles. The molecule has 0 atom stereocenters. The van der Waals surface area contributed by atoms with Crippen LogP contribution < -0.4 is 0 Å². The van der Waals surface area contributed by atoms with E-state index < -0.39 is 0 Å². The molecule has 0 saturated carbocycles. The minimum Gasteiger partial charge on any atom is -0.360 e. The van der Waals surface area contributed by atoms with Gasteiger partial charge >= 0.3 is 0 Å². The van der Waals surface area contributed by atoms with E-state index in [1.165, 1.54) is 12.0 Å². The first-order valence-corrected chi connectivity index (χ1v) is 9.34. The van der Waals surface area contributed by atoms with Crippen molar-refractivity contribution < 1.29 is 9.32 Å². The summed E-state index contributed by atoms with van der Waals surface area (Å²) in [6, 6.07) is 10.5. The van der Waals surface area contributed by atoms with Crippen molar-refractivity contribution >= 4 is 5.91 Å². The third kappa shape index (κ3) is 3.61. The van der Waals surface area contributed by atoms with Gasteiger partial charge in [0.1, 0.15) is 5.76 Å². The first-order valence-electron chi connectivity index (χ1n) is 9.34. The Morgan fingerprint density at radius 3 is 2.56 bits per heavy atom. The number of aromatic nitrogens is 1. The lowest BCUT2D eigenvalue weighted by Crippen LogP contribution is -2.48. The van der Waals surface area contributed by atoms with Crippen LogP contribution in [0.3, 0.4) is 0 Å². The van der Waals surface area contributed by atoms with Crippen molar-refractivity contribution in [3.63, 3.8) is 0 Å². The van der Waals surface area contributed by atoms with E-state index in [0.29, 0.717) is 5.69 Å². The number of amides is 1. The second-order valence-corrected chi connectivity index (χ2v) is 7.05. The Bertz CT molecular complexity index is 718. The summed E-state index contributed by atoms with van der Waals surface area (Å²) < 4.78 is 5.47. The molecule has 1 aliphatic carbocycles. The van der Waals surface area contributed by atoms with Gasteiger partial charge in [-0.15, -0.1) is 0 Å². The fourth-order valence-corrected chi connectivity index (χ4v) is 3.83. The van der Waals surface area contributed by atoms with Crippen LogP contribution in [-0.2, 0) is 19.4 Å². The van der Waals surface area contributed by atoms with Crippen molar-refractivity contribution in [2.75, 3.05) is 26.2 Å². The molecule has 1 fully saturated rings. The van der Waals surface area contributed by atoms with Crippen LogP contribution in [0.5, 0.6) is 0 Å². The van der Waals surface area contributed by atoms with E-state index in [-0.39, 0.29) is 5.91 Å². The van der Waals surface area contributed by atoms with Gasteiger partial charge in [0.05, 0.1) is 0 Å². The molecule has 0 unspecified atom stereocenters. The molecule has 0 bridgehead atoms. The Kier molecular flexibility index (Phi) is 4.83. The van der Waals surface area contributed by atoms with Crippen LogP contribution in [0.1, 0.15) is 46.6 Å². The van der Waals surface area contributed by atoms with Crippen LogP contribution >= 0.6 is 0 Å². The zero-order valence-corrected chi connectivity index (χ0v) is 14.6. The number of nitrogens with zero attached hydrogens (tertiary/aromatic N) is 3. The maximum Gasteiger partial charge on any atom is 0.276 e. The van der Waals surface area contributed by atoms with Crippen LogP contribution in [0.15, 0.2) is 34.9 Å². The maximum atomic E-state index is 12.9. The van der Waals surface area contributed by atoms with Crippen LogP contribution in [0.4, 0.5) is 0 Å². The molecular formula is C20H25N3O2. The number of hydrogen-bond acceptors (Lipinski definition) is 4. The predicted octanol–water partition coefficient (Wildman–Crippen LogP) is 2.90. The Morgan fingerprint density at radius 1 is 1.00 bits per heavy atom. The fraction of sp³-hybridized carbons (Fsp3) is 0.500. The Labute approximate surface area is 148 Å². The number of piperazine rings is 1. The molecule has 0 radical (unpaired) electrons. The third-order valence-electron chi connectivity index (χ3n) is 5.31. The molecular weight excluding hydrogens is 314 g/mol. The Balaban J connectivity index is 1.38. The average Bonchev–Trinajstić information content (AvgIpc) is 2.91. The smallest absolute Gasteiger partial charge is 0.276 e. The van der Waals surface area contributed by atoms with Crippen molar-refractivity contribution in [3.8, 4) is 0 Å². The van der Waals surface area contributed by atoms with Crippen LogP contribution in [0.25, 0.3) is 0 Å². The van der Waals surface area contributed by atoms with Crippen molar-refractivity contribution in [3.05, 3.63) is 52.9 Å². The number of rotatable bonds is 3. The minimum absolute atomic E-state index is 0.0475. The standard InChI is InChI=1S/C20H25N3O2/c24-20(19-17-9-5-2-6-10-18(17)25-21-19)23-13-11-22(12-14-23)15-16-7-3-1-4-8-16/h1,3-4,7-8H,2,5-6,9-15H2. The number of aryl methyl sites for hydroxylation is 1. The van der Waals surface area contributed by atoms with E-state index in [1.807, 2.05) is 11.0 Å². The lowest BCUT2D eigenvalue weighted by molar-refractivity contribution is 0.0617. The van der Waals surface area contributed by atoms with Gasteiger partial charge in [-0.05, 0) is 24.8 Å². The molecule has 0 N–H and O–H groups in total. The number of benzene rings is 1. The normalized spacial score (nSPS) is 18.6. The Morgan fingerprint density at radius 2 is 1.76 bits per heavy atom. The van der Waals surface area contributed by atoms with E-state index >= 15 is 0 Å². The summed E-state index contributed by atoms with van der Waals surface area (Å²) in [5.41, 5.74) is 2.95. The highest BCUT2D eigenvalue weighted by Crippen LogP contribution is 2.25. The van der Waals surface area contributed by atoms with Gasteiger partial charge in [0.2, 0.25) is 0 Å². The molecule has 25 heavy (non-hydrogen) atoms. The highest BCUT2D eigenvalue weighted by Gasteiger charge is 2.28. The molecule has 1 aromatic carbocycles. The molecule has 1 aromatic heterocycles. The molecule has 132 valence electrons. The van der Waals surface area contributed by atoms with Gasteiger partial charge in [-0.3, -0.25) is 9.69 Å². The van der Waals surface area contributed by atoms with Crippen LogP contribution in [0, 0.1) is 0 Å². The summed E-state index contributed by atoms with van der Waals surface area (Å²) in [7, 11) is 0. The highest BCUT2D eigenvalue weighted by molar-refractivity contribution is 5.94. The summed E-state index contributed by atoms with van der Waals surface area (Å²) in [6.07, 6.45) is 5.30. The van der Waals surface area contributed by atoms with E-state index in [4.69, 9.17) is 4.52 Å². The van der Waals surface area contributed by atoms with Gasteiger partial charge in [-0.1, -0.05) is 41.9 Å². The molecule has 1 aliphatic heterocycles. The van der Waals surface area contributed by atoms with Crippen LogP contribution in [0.2, 0.25) is 0 Å². The number of carbonyl (C=O) groups excluding carboxylic acids is 1. The van der Waals surface area contributed by atoms with Gasteiger partial charge in [-0.25, -0.2) is 0 Å². The average molecular weight is 339 g/mol. The summed E-state index contributed by atoms with van der Waals surface area (Å²) >= 11 is 0. The molecule has 5 nitrogen and oxygen atoms in total. The van der Waals surface area contributed by atoms with Crippen molar-refractivity contribution in [1.29, 1.82) is 0 Å². The van der Waals surface area contributed by atoms with Crippen molar-refractivity contribution in [2.24, 2.45) is 0 Å². The van der Waals surface area contributed by atoms with Gasteiger partial charge in [-0.2, -0.15) is 0 Å². The summed E-state index contributed by atoms with van der Waals surface area (Å²) in [5.74, 6) is 0.981. The molecule has 2 aliphatic rings. The molecule has 5 heteroatoms. The summed E-state index contributed by atoms with van der Waals surface area (Å²) in [6.45, 7) is 4.27. The molecule has 2 heterocycles. The minimum atomic E-state index is 0.0475. The zero-order chi connectivity index (χ0) is 17.1. The quantitative estimate of drug-likeness (QED) is 0.807. The Hall–Kier alpha value is -2.14. The fourth-order valence-electron chi connectivity index (χ4n) is 3.83. The van der Waals surface area contributed by atoms with Gasteiger partial charge in [0.15, 0.2) is 5.69 Å². The topological polar surface area (TPSA) is 49.6 Å².